The van der Waals surface area contributed by atoms with Crippen LogP contribution < -0.4 is 0 Å². The molecule has 0 amide bonds. The van der Waals surface area contributed by atoms with Gasteiger partial charge in [0.15, 0.2) is 0 Å². The quantitative estimate of drug-likeness (QED) is 0.616. The molecule has 1 heterocycles. The third kappa shape index (κ3) is 3.69. The second-order valence-corrected chi connectivity index (χ2v) is 3.94. The van der Waals surface area contributed by atoms with E-state index in [2.05, 4.69) is 25.7 Å². The summed E-state index contributed by atoms with van der Waals surface area (Å²) in [5, 5.41) is 0.0260. The number of esters is 1. The second kappa shape index (κ2) is 6.72. The van der Waals surface area contributed by atoms with Gasteiger partial charge in [0.25, 0.3) is 6.43 Å². The molecule has 0 aliphatic heterocycles. The Morgan fingerprint density at radius 1 is 1.56 bits per heavy atom. The molecule has 7 heteroatoms. The van der Waals surface area contributed by atoms with Crippen molar-refractivity contribution >= 4 is 21.9 Å². The zero-order valence-electron chi connectivity index (χ0n) is 9.55. The molecule has 0 unspecified atom stereocenters. The molecule has 1 aromatic heterocycles. The van der Waals surface area contributed by atoms with Crippen LogP contribution in [0, 0.1) is 5.82 Å². The highest BCUT2D eigenvalue weighted by molar-refractivity contribution is 9.08. The first-order chi connectivity index (χ1) is 8.49. The van der Waals surface area contributed by atoms with Gasteiger partial charge in [-0.15, -0.1) is 0 Å². The van der Waals surface area contributed by atoms with E-state index in [1.165, 1.54) is 0 Å². The van der Waals surface area contributed by atoms with E-state index in [0.717, 1.165) is 6.07 Å². The Hall–Kier alpha value is -1.11. The number of carbonyl (C=O) groups is 1. The molecule has 0 N–H and O–H groups in total. The third-order valence-corrected chi connectivity index (χ3v) is 2.67. The van der Waals surface area contributed by atoms with Crippen LogP contribution in [0.4, 0.5) is 13.2 Å². The zero-order chi connectivity index (χ0) is 13.7. The van der Waals surface area contributed by atoms with Gasteiger partial charge in [-0.05, 0) is 18.6 Å². The molecule has 100 valence electrons. The second-order valence-electron chi connectivity index (χ2n) is 3.38. The molecule has 3 nitrogen and oxygen atoms in total. The van der Waals surface area contributed by atoms with Crippen molar-refractivity contribution in [1.29, 1.82) is 0 Å². The summed E-state index contributed by atoms with van der Waals surface area (Å²) in [6, 6.07) is 0.905. The lowest BCUT2D eigenvalue weighted by Gasteiger charge is -2.10. The first-order valence-electron chi connectivity index (χ1n) is 5.17. The van der Waals surface area contributed by atoms with E-state index < -0.39 is 30.3 Å². The van der Waals surface area contributed by atoms with E-state index in [1.807, 2.05) is 0 Å². The molecule has 0 aliphatic rings. The molecule has 0 aromatic carbocycles. The monoisotopic (exact) mass is 325 g/mol. The third-order valence-electron chi connectivity index (χ3n) is 2.13. The van der Waals surface area contributed by atoms with E-state index in [9.17, 15) is 18.0 Å². The van der Waals surface area contributed by atoms with Crippen LogP contribution in [0.5, 0.6) is 0 Å². The fraction of sp³-hybridized carbons (Fsp3) is 0.455. The predicted molar refractivity (Wildman–Crippen MR) is 62.1 cm³/mol. The summed E-state index contributed by atoms with van der Waals surface area (Å²) in [6.07, 6.45) is -3.28. The highest BCUT2D eigenvalue weighted by Gasteiger charge is 2.20. The Labute approximate surface area is 110 Å². The summed E-state index contributed by atoms with van der Waals surface area (Å²) >= 11 is 2.95. The van der Waals surface area contributed by atoms with Crippen LogP contribution in [0.25, 0.3) is 0 Å². The fourth-order valence-corrected chi connectivity index (χ4v) is 1.77. The van der Waals surface area contributed by atoms with Crippen molar-refractivity contribution in [2.75, 3.05) is 6.61 Å². The van der Waals surface area contributed by atoms with Crippen LogP contribution in [-0.4, -0.2) is 17.6 Å². The lowest BCUT2D eigenvalue weighted by molar-refractivity contribution is -0.142. The van der Waals surface area contributed by atoms with Crippen LogP contribution in [0.1, 0.15) is 30.3 Å². The van der Waals surface area contributed by atoms with Crippen LogP contribution in [0.3, 0.4) is 0 Å². The highest BCUT2D eigenvalue weighted by atomic mass is 79.9. The van der Waals surface area contributed by atoms with Crippen molar-refractivity contribution in [2.45, 2.75) is 25.1 Å². The standard InChI is InChI=1S/C11H11BrF3NO2/c1-2-18-9(17)4-6-3-7(13)8(5-12)16-10(6)11(14)15/h3,11H,2,4-5H2,1H3. The van der Waals surface area contributed by atoms with E-state index in [4.69, 9.17) is 0 Å². The molecule has 0 aliphatic carbocycles. The highest BCUT2D eigenvalue weighted by Crippen LogP contribution is 2.24. The van der Waals surface area contributed by atoms with Gasteiger partial charge in [-0.25, -0.2) is 18.2 Å². The SMILES string of the molecule is CCOC(=O)Cc1cc(F)c(CBr)nc1C(F)F. The van der Waals surface area contributed by atoms with E-state index >= 15 is 0 Å². The average Bonchev–Trinajstić information content (AvgIpc) is 2.29. The van der Waals surface area contributed by atoms with Gasteiger partial charge in [0.05, 0.1) is 18.7 Å². The fourth-order valence-electron chi connectivity index (χ4n) is 1.37. The lowest BCUT2D eigenvalue weighted by atomic mass is 10.1. The Balaban J connectivity index is 3.09. The van der Waals surface area contributed by atoms with Gasteiger partial charge < -0.3 is 4.74 Å². The van der Waals surface area contributed by atoms with Crippen molar-refractivity contribution in [2.24, 2.45) is 0 Å². The summed E-state index contributed by atoms with van der Waals surface area (Å²) in [5.41, 5.74) is -0.845. The molecule has 1 rings (SSSR count). The molecule has 18 heavy (non-hydrogen) atoms. The van der Waals surface area contributed by atoms with Gasteiger partial charge in [-0.1, -0.05) is 15.9 Å². The largest absolute Gasteiger partial charge is 0.466 e. The van der Waals surface area contributed by atoms with Gasteiger partial charge >= 0.3 is 5.97 Å². The van der Waals surface area contributed by atoms with Crippen LogP contribution in [0.15, 0.2) is 6.07 Å². The maximum atomic E-state index is 13.4. The minimum Gasteiger partial charge on any atom is -0.466 e. The number of alkyl halides is 3. The summed E-state index contributed by atoms with van der Waals surface area (Å²) in [6.45, 7) is 1.73. The minimum absolute atomic E-state index is 0.0260. The van der Waals surface area contributed by atoms with Gasteiger partial charge in [0, 0.05) is 5.33 Å². The lowest BCUT2D eigenvalue weighted by Crippen LogP contribution is -2.12. The van der Waals surface area contributed by atoms with E-state index in [1.54, 1.807) is 6.92 Å². The number of hydrogen-bond donors (Lipinski definition) is 0. The van der Waals surface area contributed by atoms with Crippen LogP contribution in [0.2, 0.25) is 0 Å². The number of hydrogen-bond acceptors (Lipinski definition) is 3. The number of rotatable bonds is 5. The van der Waals surface area contributed by atoms with Gasteiger partial charge in [0.1, 0.15) is 11.5 Å². The summed E-state index contributed by atoms with van der Waals surface area (Å²) in [7, 11) is 0. The van der Waals surface area contributed by atoms with E-state index in [0.29, 0.717) is 0 Å². The Bertz CT molecular complexity index is 441. The molecular weight excluding hydrogens is 315 g/mol. The number of pyridine rings is 1. The molecule has 0 bridgehead atoms. The predicted octanol–water partition coefficient (Wildman–Crippen LogP) is 3.16. The van der Waals surface area contributed by atoms with Crippen molar-refractivity contribution in [3.63, 3.8) is 0 Å². The number of ether oxygens (including phenoxy) is 1. The molecule has 0 atom stereocenters. The number of halogens is 4. The number of aromatic nitrogens is 1. The zero-order valence-corrected chi connectivity index (χ0v) is 11.1. The smallest absolute Gasteiger partial charge is 0.310 e. The first-order valence-corrected chi connectivity index (χ1v) is 6.29. The van der Waals surface area contributed by atoms with Crippen LogP contribution >= 0.6 is 15.9 Å². The molecule has 0 radical (unpaired) electrons. The maximum absolute atomic E-state index is 13.4. The Morgan fingerprint density at radius 2 is 2.22 bits per heavy atom. The van der Waals surface area contributed by atoms with Gasteiger partial charge in [-0.3, -0.25) is 4.79 Å². The molecule has 0 fully saturated rings. The summed E-state index contributed by atoms with van der Waals surface area (Å²) in [4.78, 5) is 14.8. The normalized spacial score (nSPS) is 10.8. The number of nitrogens with zero attached hydrogens (tertiary/aromatic N) is 1. The van der Waals surface area contributed by atoms with Crippen LogP contribution in [-0.2, 0) is 21.3 Å². The van der Waals surface area contributed by atoms with Crippen molar-refractivity contribution < 1.29 is 22.7 Å². The molecular formula is C11H11BrF3NO2. The average molecular weight is 326 g/mol. The first kappa shape index (κ1) is 14.9. The summed E-state index contributed by atoms with van der Waals surface area (Å²) < 4.78 is 43.6. The molecule has 1 aromatic rings. The van der Waals surface area contributed by atoms with Gasteiger partial charge in [-0.2, -0.15) is 0 Å². The Morgan fingerprint density at radius 3 is 2.72 bits per heavy atom. The van der Waals surface area contributed by atoms with E-state index in [-0.39, 0.29) is 23.2 Å². The molecule has 0 spiro atoms. The minimum atomic E-state index is -2.87. The number of carbonyl (C=O) groups excluding carboxylic acids is 1. The molecule has 0 saturated heterocycles. The van der Waals surface area contributed by atoms with Crippen molar-refractivity contribution in [1.82, 2.24) is 4.98 Å². The Kier molecular flexibility index (Phi) is 5.58. The van der Waals surface area contributed by atoms with Crippen molar-refractivity contribution in [3.8, 4) is 0 Å². The topological polar surface area (TPSA) is 39.2 Å². The van der Waals surface area contributed by atoms with Crippen molar-refractivity contribution in [3.05, 3.63) is 28.8 Å². The molecule has 0 saturated carbocycles. The summed E-state index contributed by atoms with van der Waals surface area (Å²) in [5.74, 6) is -1.41. The maximum Gasteiger partial charge on any atom is 0.310 e. The van der Waals surface area contributed by atoms with Gasteiger partial charge in [0.2, 0.25) is 0 Å².